The van der Waals surface area contributed by atoms with E-state index in [4.69, 9.17) is 9.47 Å². The van der Waals surface area contributed by atoms with Gasteiger partial charge in [0.25, 0.3) is 0 Å². The van der Waals surface area contributed by atoms with Crippen molar-refractivity contribution in [2.45, 2.75) is 33.2 Å². The molecular formula is C16H24N2O2. The molecule has 2 rings (SSSR count). The molecule has 1 heterocycles. The van der Waals surface area contributed by atoms with Crippen LogP contribution in [0.4, 0.5) is 5.69 Å². The fourth-order valence-electron chi connectivity index (χ4n) is 2.14. The van der Waals surface area contributed by atoms with Gasteiger partial charge in [-0.3, -0.25) is 4.99 Å². The van der Waals surface area contributed by atoms with E-state index in [9.17, 15) is 0 Å². The first-order valence-corrected chi connectivity index (χ1v) is 7.06. The lowest BCUT2D eigenvalue weighted by Gasteiger charge is -2.32. The topological polar surface area (TPSA) is 42.8 Å². The molecule has 110 valence electrons. The lowest BCUT2D eigenvalue weighted by molar-refractivity contribution is 0.304. The Kier molecular flexibility index (Phi) is 4.53. The predicted molar refractivity (Wildman–Crippen MR) is 82.7 cm³/mol. The summed E-state index contributed by atoms with van der Waals surface area (Å²) in [6, 6.07) is 8.27. The molecule has 0 aliphatic carbocycles. The Bertz CT molecular complexity index is 460. The van der Waals surface area contributed by atoms with Gasteiger partial charge in [-0.25, -0.2) is 0 Å². The van der Waals surface area contributed by atoms with Crippen LogP contribution in [0.25, 0.3) is 0 Å². The van der Waals surface area contributed by atoms with E-state index in [-0.39, 0.29) is 11.5 Å². The van der Waals surface area contributed by atoms with Crippen LogP contribution in [0.5, 0.6) is 5.75 Å². The standard InChI is InChI=1S/C16H24N2O2/c1-16(2,3)14(11-15-17-9-10-20-15)18-12-5-7-13(19-4)8-6-12/h5-8,14,18H,9-11H2,1-4H3/t14-/m1/s1. The Labute approximate surface area is 121 Å². The smallest absolute Gasteiger partial charge is 0.185 e. The van der Waals surface area contributed by atoms with Gasteiger partial charge in [0.2, 0.25) is 0 Å². The summed E-state index contributed by atoms with van der Waals surface area (Å²) in [7, 11) is 1.68. The summed E-state index contributed by atoms with van der Waals surface area (Å²) in [5.41, 5.74) is 1.21. The average molecular weight is 276 g/mol. The molecule has 4 nitrogen and oxygen atoms in total. The van der Waals surface area contributed by atoms with Crippen LogP contribution in [0.3, 0.4) is 0 Å². The minimum Gasteiger partial charge on any atom is -0.497 e. The lowest BCUT2D eigenvalue weighted by Crippen LogP contribution is -2.36. The maximum Gasteiger partial charge on any atom is 0.185 e. The van der Waals surface area contributed by atoms with Crippen LogP contribution in [0.2, 0.25) is 0 Å². The van der Waals surface area contributed by atoms with Gasteiger partial charge in [-0.15, -0.1) is 0 Å². The van der Waals surface area contributed by atoms with Crippen LogP contribution in [-0.4, -0.2) is 32.2 Å². The highest BCUT2D eigenvalue weighted by atomic mass is 16.5. The van der Waals surface area contributed by atoms with Crippen molar-refractivity contribution >= 4 is 11.6 Å². The molecule has 0 fully saturated rings. The molecule has 0 spiro atoms. The maximum atomic E-state index is 5.54. The molecule has 4 heteroatoms. The third-order valence-electron chi connectivity index (χ3n) is 3.50. The number of benzene rings is 1. The van der Waals surface area contributed by atoms with Crippen molar-refractivity contribution in [3.63, 3.8) is 0 Å². The summed E-state index contributed by atoms with van der Waals surface area (Å²) in [4.78, 5) is 4.39. The Morgan fingerprint density at radius 1 is 1.30 bits per heavy atom. The minimum atomic E-state index is 0.119. The van der Waals surface area contributed by atoms with E-state index in [2.05, 4.69) is 31.1 Å². The normalized spacial score (nSPS) is 16.3. The number of nitrogens with one attached hydrogen (secondary N) is 1. The highest BCUT2D eigenvalue weighted by Crippen LogP contribution is 2.27. The van der Waals surface area contributed by atoms with Crippen molar-refractivity contribution in [1.82, 2.24) is 0 Å². The molecule has 0 aromatic heterocycles. The molecule has 0 amide bonds. The summed E-state index contributed by atoms with van der Waals surface area (Å²) < 4.78 is 10.7. The number of hydrogen-bond acceptors (Lipinski definition) is 4. The largest absolute Gasteiger partial charge is 0.497 e. The van der Waals surface area contributed by atoms with Gasteiger partial charge >= 0.3 is 0 Å². The maximum absolute atomic E-state index is 5.54. The van der Waals surface area contributed by atoms with Gasteiger partial charge < -0.3 is 14.8 Å². The summed E-state index contributed by atoms with van der Waals surface area (Å²) in [5, 5.41) is 3.58. The Morgan fingerprint density at radius 2 is 2.00 bits per heavy atom. The van der Waals surface area contributed by atoms with Crippen LogP contribution in [0, 0.1) is 5.41 Å². The SMILES string of the molecule is COc1ccc(N[C@H](CC2=NCCO2)C(C)(C)C)cc1. The first kappa shape index (κ1) is 14.7. The summed E-state index contributed by atoms with van der Waals surface area (Å²) in [5.74, 6) is 1.73. The fraction of sp³-hybridized carbons (Fsp3) is 0.562. The highest BCUT2D eigenvalue weighted by molar-refractivity contribution is 5.78. The third kappa shape index (κ3) is 3.89. The van der Waals surface area contributed by atoms with E-state index in [0.717, 1.165) is 30.3 Å². The molecule has 0 saturated carbocycles. The van der Waals surface area contributed by atoms with Crippen LogP contribution in [0.1, 0.15) is 27.2 Å². The monoisotopic (exact) mass is 276 g/mol. The van der Waals surface area contributed by atoms with Gasteiger partial charge in [-0.05, 0) is 29.7 Å². The van der Waals surface area contributed by atoms with Crippen LogP contribution in [0.15, 0.2) is 29.3 Å². The van der Waals surface area contributed by atoms with Crippen molar-refractivity contribution in [2.75, 3.05) is 25.6 Å². The van der Waals surface area contributed by atoms with E-state index in [0.29, 0.717) is 6.61 Å². The summed E-state index contributed by atoms with van der Waals surface area (Å²) in [6.45, 7) is 8.18. The Hall–Kier alpha value is -1.71. The molecule has 1 N–H and O–H groups in total. The molecule has 0 radical (unpaired) electrons. The van der Waals surface area contributed by atoms with Gasteiger partial charge in [0, 0.05) is 18.2 Å². The van der Waals surface area contributed by atoms with Gasteiger partial charge in [0.15, 0.2) is 5.90 Å². The molecular weight excluding hydrogens is 252 g/mol. The quantitative estimate of drug-likeness (QED) is 0.897. The van der Waals surface area contributed by atoms with Gasteiger partial charge in [-0.2, -0.15) is 0 Å². The summed E-state index contributed by atoms with van der Waals surface area (Å²) in [6.07, 6.45) is 0.815. The zero-order chi connectivity index (χ0) is 14.6. The Morgan fingerprint density at radius 3 is 2.50 bits per heavy atom. The molecule has 1 atom stereocenters. The number of rotatable bonds is 5. The van der Waals surface area contributed by atoms with E-state index in [1.54, 1.807) is 7.11 Å². The Balaban J connectivity index is 2.06. The van der Waals surface area contributed by atoms with Crippen molar-refractivity contribution < 1.29 is 9.47 Å². The van der Waals surface area contributed by atoms with Crippen molar-refractivity contribution in [3.8, 4) is 5.75 Å². The van der Waals surface area contributed by atoms with Crippen LogP contribution >= 0.6 is 0 Å². The number of hydrogen-bond donors (Lipinski definition) is 1. The number of nitrogens with zero attached hydrogens (tertiary/aromatic N) is 1. The highest BCUT2D eigenvalue weighted by Gasteiger charge is 2.27. The first-order chi connectivity index (χ1) is 9.49. The second-order valence-electron chi connectivity index (χ2n) is 6.12. The number of aliphatic imine (C=N–C) groups is 1. The van der Waals surface area contributed by atoms with E-state index in [1.165, 1.54) is 0 Å². The van der Waals surface area contributed by atoms with Crippen molar-refractivity contribution in [2.24, 2.45) is 10.4 Å². The molecule has 0 bridgehead atoms. The van der Waals surface area contributed by atoms with Crippen molar-refractivity contribution in [3.05, 3.63) is 24.3 Å². The first-order valence-electron chi connectivity index (χ1n) is 7.06. The van der Waals surface area contributed by atoms with Crippen LogP contribution < -0.4 is 10.1 Å². The van der Waals surface area contributed by atoms with Crippen LogP contribution in [-0.2, 0) is 4.74 Å². The van der Waals surface area contributed by atoms with Gasteiger partial charge in [0.05, 0.1) is 13.7 Å². The molecule has 1 aliphatic heterocycles. The zero-order valence-corrected chi connectivity index (χ0v) is 12.8. The molecule has 20 heavy (non-hydrogen) atoms. The second-order valence-corrected chi connectivity index (χ2v) is 6.12. The minimum absolute atomic E-state index is 0.119. The fourth-order valence-corrected chi connectivity index (χ4v) is 2.14. The third-order valence-corrected chi connectivity index (χ3v) is 3.50. The average Bonchev–Trinajstić information content (AvgIpc) is 2.91. The second kappa shape index (κ2) is 6.16. The number of anilines is 1. The molecule has 1 aromatic carbocycles. The molecule has 0 unspecified atom stereocenters. The summed E-state index contributed by atoms with van der Waals surface area (Å²) >= 11 is 0. The lowest BCUT2D eigenvalue weighted by atomic mass is 9.84. The molecule has 1 aromatic rings. The van der Waals surface area contributed by atoms with Crippen molar-refractivity contribution in [1.29, 1.82) is 0 Å². The molecule has 1 aliphatic rings. The van der Waals surface area contributed by atoms with Gasteiger partial charge in [0.1, 0.15) is 12.4 Å². The predicted octanol–water partition coefficient (Wildman–Crippen LogP) is 3.34. The number of ether oxygens (including phenoxy) is 2. The van der Waals surface area contributed by atoms with E-state index < -0.39 is 0 Å². The van der Waals surface area contributed by atoms with E-state index in [1.807, 2.05) is 24.3 Å². The zero-order valence-electron chi connectivity index (χ0n) is 12.8. The molecule has 0 saturated heterocycles. The van der Waals surface area contributed by atoms with Gasteiger partial charge in [-0.1, -0.05) is 20.8 Å². The van der Waals surface area contributed by atoms with E-state index >= 15 is 0 Å². The number of methoxy groups -OCH3 is 1.